The maximum atomic E-state index is 12.6. The lowest BCUT2D eigenvalue weighted by atomic mass is 10.0. The van der Waals surface area contributed by atoms with Gasteiger partial charge in [0.2, 0.25) is 5.91 Å². The summed E-state index contributed by atoms with van der Waals surface area (Å²) in [6.45, 7) is 5.36. The standard InChI is InChI=1S/C26H34N4O5/c1-17-6-4-5-7-21(17)28-26(34)29-22-9-8-19(15-23(22)35-3)16-24(31)27-20-10-12-30(13-11-20)18(2)14-25(32)33/h4-9,15,18,20H,10-14,16H2,1-3H3,(H,27,31)(H,32,33)(H2,28,29,34). The van der Waals surface area contributed by atoms with Crippen molar-refractivity contribution in [2.24, 2.45) is 0 Å². The second kappa shape index (κ2) is 12.2. The van der Waals surface area contributed by atoms with Crippen LogP contribution in [0.15, 0.2) is 42.5 Å². The zero-order valence-electron chi connectivity index (χ0n) is 20.5. The van der Waals surface area contributed by atoms with Crippen molar-refractivity contribution in [3.63, 3.8) is 0 Å². The Morgan fingerprint density at radius 1 is 1.09 bits per heavy atom. The minimum absolute atomic E-state index is 0.0115. The van der Waals surface area contributed by atoms with Crippen LogP contribution in [0.3, 0.4) is 0 Å². The van der Waals surface area contributed by atoms with Gasteiger partial charge in [-0.25, -0.2) is 4.79 Å². The number of aryl methyl sites for hydroxylation is 1. The van der Waals surface area contributed by atoms with Gasteiger partial charge >= 0.3 is 12.0 Å². The van der Waals surface area contributed by atoms with E-state index in [1.165, 1.54) is 7.11 Å². The fourth-order valence-electron chi connectivity index (χ4n) is 4.27. The van der Waals surface area contributed by atoms with Crippen molar-refractivity contribution >= 4 is 29.3 Å². The number of rotatable bonds is 9. The molecular formula is C26H34N4O5. The van der Waals surface area contributed by atoms with Crippen molar-refractivity contribution in [1.82, 2.24) is 10.2 Å². The maximum Gasteiger partial charge on any atom is 0.323 e. The molecule has 2 aromatic rings. The molecule has 1 heterocycles. The number of hydrogen-bond donors (Lipinski definition) is 4. The van der Waals surface area contributed by atoms with E-state index in [1.54, 1.807) is 18.2 Å². The fourth-order valence-corrected chi connectivity index (χ4v) is 4.27. The highest BCUT2D eigenvalue weighted by Crippen LogP contribution is 2.26. The Labute approximate surface area is 205 Å². The van der Waals surface area contributed by atoms with E-state index >= 15 is 0 Å². The molecule has 1 unspecified atom stereocenters. The Kier molecular flexibility index (Phi) is 9.08. The molecule has 9 nitrogen and oxygen atoms in total. The molecule has 188 valence electrons. The quantitative estimate of drug-likeness (QED) is 0.433. The molecule has 0 bridgehead atoms. The van der Waals surface area contributed by atoms with Gasteiger partial charge in [-0.3, -0.25) is 14.5 Å². The average Bonchev–Trinajstić information content (AvgIpc) is 2.81. The molecule has 35 heavy (non-hydrogen) atoms. The SMILES string of the molecule is COc1cc(CC(=O)NC2CCN(C(C)CC(=O)O)CC2)ccc1NC(=O)Nc1ccccc1C. The van der Waals surface area contributed by atoms with Gasteiger partial charge in [-0.2, -0.15) is 0 Å². The molecule has 0 aromatic heterocycles. The number of aliphatic carboxylic acids is 1. The monoisotopic (exact) mass is 482 g/mol. The van der Waals surface area contributed by atoms with Crippen LogP contribution in [-0.4, -0.2) is 60.2 Å². The highest BCUT2D eigenvalue weighted by molar-refractivity contribution is 6.01. The lowest BCUT2D eigenvalue weighted by Crippen LogP contribution is -2.48. The molecule has 4 N–H and O–H groups in total. The first-order chi connectivity index (χ1) is 16.7. The Bertz CT molecular complexity index is 1050. The van der Waals surface area contributed by atoms with Crippen molar-refractivity contribution in [1.29, 1.82) is 0 Å². The molecule has 3 amide bonds. The maximum absolute atomic E-state index is 12.6. The molecule has 1 aliphatic heterocycles. The number of nitrogens with zero attached hydrogens (tertiary/aromatic N) is 1. The smallest absolute Gasteiger partial charge is 0.323 e. The number of para-hydroxylation sites is 1. The van der Waals surface area contributed by atoms with E-state index in [0.717, 1.165) is 42.7 Å². The van der Waals surface area contributed by atoms with Crippen molar-refractivity contribution in [2.45, 2.75) is 51.6 Å². The number of nitrogens with one attached hydrogen (secondary N) is 3. The topological polar surface area (TPSA) is 120 Å². The first-order valence-electron chi connectivity index (χ1n) is 11.8. The summed E-state index contributed by atoms with van der Waals surface area (Å²) in [5, 5.41) is 17.7. The van der Waals surface area contributed by atoms with Gasteiger partial charge in [0, 0.05) is 30.9 Å². The number of benzene rings is 2. The number of carbonyl (C=O) groups is 3. The summed E-state index contributed by atoms with van der Waals surface area (Å²) in [5.74, 6) is -0.408. The van der Waals surface area contributed by atoms with Crippen LogP contribution < -0.4 is 20.7 Å². The molecule has 0 saturated carbocycles. The molecule has 0 spiro atoms. The molecule has 3 rings (SSSR count). The molecule has 1 fully saturated rings. The summed E-state index contributed by atoms with van der Waals surface area (Å²) in [7, 11) is 1.52. The number of amides is 3. The lowest BCUT2D eigenvalue weighted by Gasteiger charge is -2.35. The number of methoxy groups -OCH3 is 1. The van der Waals surface area contributed by atoms with Crippen LogP contribution in [0, 0.1) is 6.92 Å². The molecular weight excluding hydrogens is 448 g/mol. The predicted octanol–water partition coefficient (Wildman–Crippen LogP) is 3.63. The fraction of sp³-hybridized carbons (Fsp3) is 0.423. The number of piperidine rings is 1. The normalized spacial score (nSPS) is 15.2. The number of anilines is 2. The number of carbonyl (C=O) groups excluding carboxylic acids is 2. The Morgan fingerprint density at radius 3 is 2.43 bits per heavy atom. The first kappa shape index (κ1) is 26.0. The number of likely N-dealkylation sites (tertiary alicyclic amines) is 1. The Hall–Kier alpha value is -3.59. The van der Waals surface area contributed by atoms with Crippen LogP contribution >= 0.6 is 0 Å². The Balaban J connectivity index is 1.51. The van der Waals surface area contributed by atoms with Crippen molar-refractivity contribution in [3.8, 4) is 5.75 Å². The van der Waals surface area contributed by atoms with Gasteiger partial charge < -0.3 is 25.8 Å². The zero-order valence-corrected chi connectivity index (χ0v) is 20.5. The van der Waals surface area contributed by atoms with E-state index in [0.29, 0.717) is 11.4 Å². The number of hydrogen-bond acceptors (Lipinski definition) is 5. The first-order valence-corrected chi connectivity index (χ1v) is 11.8. The number of carboxylic acid groups (broad SMARTS) is 1. The van der Waals surface area contributed by atoms with Gasteiger partial charge in [0.05, 0.1) is 25.6 Å². The van der Waals surface area contributed by atoms with E-state index in [1.807, 2.05) is 38.1 Å². The Morgan fingerprint density at radius 2 is 1.77 bits per heavy atom. The van der Waals surface area contributed by atoms with Gasteiger partial charge in [0.15, 0.2) is 0 Å². The minimum atomic E-state index is -0.795. The lowest BCUT2D eigenvalue weighted by molar-refractivity contribution is -0.138. The number of urea groups is 1. The van der Waals surface area contributed by atoms with Crippen LogP contribution in [-0.2, 0) is 16.0 Å². The molecule has 1 aliphatic rings. The molecule has 1 atom stereocenters. The average molecular weight is 483 g/mol. The molecule has 9 heteroatoms. The summed E-state index contributed by atoms with van der Waals surface area (Å²) in [4.78, 5) is 38.1. The van der Waals surface area contributed by atoms with Crippen LogP contribution in [0.5, 0.6) is 5.75 Å². The van der Waals surface area contributed by atoms with Crippen molar-refractivity contribution in [2.75, 3.05) is 30.8 Å². The third-order valence-corrected chi connectivity index (χ3v) is 6.26. The van der Waals surface area contributed by atoms with Gasteiger partial charge in [-0.1, -0.05) is 24.3 Å². The summed E-state index contributed by atoms with van der Waals surface area (Å²) in [6.07, 6.45) is 1.90. The van der Waals surface area contributed by atoms with E-state index in [9.17, 15) is 14.4 Å². The van der Waals surface area contributed by atoms with Gasteiger partial charge in [0.25, 0.3) is 0 Å². The van der Waals surface area contributed by atoms with Crippen molar-refractivity contribution < 1.29 is 24.2 Å². The molecule has 1 saturated heterocycles. The third kappa shape index (κ3) is 7.71. The van der Waals surface area contributed by atoms with Gasteiger partial charge in [-0.05, 0) is 56.0 Å². The largest absolute Gasteiger partial charge is 0.495 e. The van der Waals surface area contributed by atoms with Crippen LogP contribution in [0.2, 0.25) is 0 Å². The third-order valence-electron chi connectivity index (χ3n) is 6.26. The van der Waals surface area contributed by atoms with Crippen molar-refractivity contribution in [3.05, 3.63) is 53.6 Å². The second-order valence-electron chi connectivity index (χ2n) is 8.93. The molecule has 2 aromatic carbocycles. The van der Waals surface area contributed by atoms with E-state index < -0.39 is 5.97 Å². The highest BCUT2D eigenvalue weighted by Gasteiger charge is 2.25. The molecule has 0 aliphatic carbocycles. The zero-order chi connectivity index (χ0) is 25.4. The van der Waals surface area contributed by atoms with E-state index in [4.69, 9.17) is 9.84 Å². The summed E-state index contributed by atoms with van der Waals surface area (Å²) in [5.41, 5.74) is 2.96. The van der Waals surface area contributed by atoms with Crippen LogP contribution in [0.4, 0.5) is 16.2 Å². The highest BCUT2D eigenvalue weighted by atomic mass is 16.5. The van der Waals surface area contributed by atoms with E-state index in [-0.39, 0.29) is 36.9 Å². The van der Waals surface area contributed by atoms with Gasteiger partial charge in [-0.15, -0.1) is 0 Å². The second-order valence-corrected chi connectivity index (χ2v) is 8.93. The van der Waals surface area contributed by atoms with Crippen LogP contribution in [0.25, 0.3) is 0 Å². The van der Waals surface area contributed by atoms with Gasteiger partial charge in [0.1, 0.15) is 5.75 Å². The number of ether oxygens (including phenoxy) is 1. The van der Waals surface area contributed by atoms with Crippen LogP contribution in [0.1, 0.15) is 37.3 Å². The molecule has 0 radical (unpaired) electrons. The minimum Gasteiger partial charge on any atom is -0.495 e. The summed E-state index contributed by atoms with van der Waals surface area (Å²) in [6, 6.07) is 12.4. The summed E-state index contributed by atoms with van der Waals surface area (Å²) < 4.78 is 5.43. The predicted molar refractivity (Wildman–Crippen MR) is 135 cm³/mol. The number of carboxylic acids is 1. The van der Waals surface area contributed by atoms with E-state index in [2.05, 4.69) is 20.9 Å². The summed E-state index contributed by atoms with van der Waals surface area (Å²) >= 11 is 0.